The number of carbonyl (C=O) groups excluding carboxylic acids is 3. The van der Waals surface area contributed by atoms with Crippen molar-refractivity contribution in [3.8, 4) is 0 Å². The summed E-state index contributed by atoms with van der Waals surface area (Å²) in [5.41, 5.74) is -1.08. The normalized spacial score (nSPS) is 36.5. The third-order valence-corrected chi connectivity index (χ3v) is 4.01. The number of aliphatic hydroxyl groups is 1. The van der Waals surface area contributed by atoms with Gasteiger partial charge in [0, 0.05) is 17.9 Å². The molecule has 0 spiro atoms. The Hall–Kier alpha value is -1.75. The van der Waals surface area contributed by atoms with Crippen LogP contribution in [0.15, 0.2) is 24.3 Å². The molecule has 0 unspecified atom stereocenters. The maximum Gasteiger partial charge on any atom is 0.334 e. The number of esters is 1. The van der Waals surface area contributed by atoms with Crippen LogP contribution in [0.1, 0.15) is 26.7 Å². The summed E-state index contributed by atoms with van der Waals surface area (Å²) in [7, 11) is 0. The molecule has 2 aliphatic rings. The third kappa shape index (κ3) is 2.45. The molecule has 20 heavy (non-hydrogen) atoms. The van der Waals surface area contributed by atoms with E-state index in [0.29, 0.717) is 6.42 Å². The summed E-state index contributed by atoms with van der Waals surface area (Å²) >= 11 is 0. The predicted molar refractivity (Wildman–Crippen MR) is 70.7 cm³/mol. The van der Waals surface area contributed by atoms with Crippen molar-refractivity contribution < 1.29 is 24.2 Å². The van der Waals surface area contributed by atoms with Crippen molar-refractivity contribution in [2.24, 2.45) is 11.8 Å². The minimum atomic E-state index is -1.35. The standard InChI is InChI=1S/C15H18O5/c1-8(16)4-5-10-9(2)14(18)20-13(10)12-11(17)6-7-15(12,3)19/h6-7,10,12-13,19H,2,4-5H2,1,3H3/t10-,12-,13+,15+/m1/s1. The van der Waals surface area contributed by atoms with E-state index in [-0.39, 0.29) is 23.6 Å². The number of ketones is 2. The molecule has 0 aromatic carbocycles. The summed E-state index contributed by atoms with van der Waals surface area (Å²) in [6.45, 7) is 6.67. The summed E-state index contributed by atoms with van der Waals surface area (Å²) in [5.74, 6) is -2.07. The number of carbonyl (C=O) groups is 3. The maximum atomic E-state index is 11.9. The highest BCUT2D eigenvalue weighted by molar-refractivity contribution is 5.98. The van der Waals surface area contributed by atoms with Crippen LogP contribution < -0.4 is 0 Å². The van der Waals surface area contributed by atoms with E-state index in [1.807, 2.05) is 0 Å². The predicted octanol–water partition coefficient (Wildman–Crippen LogP) is 0.959. The number of Topliss-reactive ketones (excluding diaryl/α,β-unsaturated/α-hetero) is 1. The van der Waals surface area contributed by atoms with E-state index in [0.717, 1.165) is 0 Å². The van der Waals surface area contributed by atoms with Gasteiger partial charge >= 0.3 is 5.97 Å². The van der Waals surface area contributed by atoms with E-state index in [1.54, 1.807) is 0 Å². The van der Waals surface area contributed by atoms with E-state index in [9.17, 15) is 19.5 Å². The Bertz CT molecular complexity index is 514. The molecule has 5 nitrogen and oxygen atoms in total. The van der Waals surface area contributed by atoms with Gasteiger partial charge in [0.1, 0.15) is 11.9 Å². The van der Waals surface area contributed by atoms with Crippen LogP contribution in [0.5, 0.6) is 0 Å². The first-order valence-electron chi connectivity index (χ1n) is 6.58. The molecule has 5 heteroatoms. The molecule has 2 rings (SSSR count). The second kappa shape index (κ2) is 4.98. The average molecular weight is 278 g/mol. The number of hydrogen-bond donors (Lipinski definition) is 1. The first kappa shape index (κ1) is 14.7. The van der Waals surface area contributed by atoms with Gasteiger partial charge in [0.05, 0.1) is 11.5 Å². The quantitative estimate of drug-likeness (QED) is 0.612. The molecule has 0 aromatic heterocycles. The zero-order chi connectivity index (χ0) is 15.1. The van der Waals surface area contributed by atoms with E-state index in [4.69, 9.17) is 4.74 Å². The van der Waals surface area contributed by atoms with Crippen molar-refractivity contribution in [3.05, 3.63) is 24.3 Å². The molecule has 1 aliphatic heterocycles. The van der Waals surface area contributed by atoms with Gasteiger partial charge in [-0.25, -0.2) is 4.79 Å². The topological polar surface area (TPSA) is 80.7 Å². The smallest absolute Gasteiger partial charge is 0.334 e. The molecule has 4 atom stereocenters. The van der Waals surface area contributed by atoms with Gasteiger partial charge in [0.2, 0.25) is 0 Å². The minimum Gasteiger partial charge on any atom is -0.457 e. The highest BCUT2D eigenvalue weighted by atomic mass is 16.6. The highest BCUT2D eigenvalue weighted by Gasteiger charge is 2.52. The van der Waals surface area contributed by atoms with Gasteiger partial charge in [-0.1, -0.05) is 6.58 Å². The van der Waals surface area contributed by atoms with Crippen molar-refractivity contribution in [2.45, 2.75) is 38.4 Å². The molecule has 1 heterocycles. The molecule has 0 radical (unpaired) electrons. The average Bonchev–Trinajstić information content (AvgIpc) is 2.75. The summed E-state index contributed by atoms with van der Waals surface area (Å²) in [6.07, 6.45) is 2.64. The van der Waals surface area contributed by atoms with Crippen LogP contribution >= 0.6 is 0 Å². The number of rotatable bonds is 4. The molecule has 1 aliphatic carbocycles. The summed E-state index contributed by atoms with van der Waals surface area (Å²) < 4.78 is 5.24. The highest BCUT2D eigenvalue weighted by Crippen LogP contribution is 2.41. The van der Waals surface area contributed by atoms with Crippen LogP contribution in [0.4, 0.5) is 0 Å². The third-order valence-electron chi connectivity index (χ3n) is 4.01. The van der Waals surface area contributed by atoms with Crippen molar-refractivity contribution in [1.82, 2.24) is 0 Å². The Morgan fingerprint density at radius 3 is 2.65 bits per heavy atom. The zero-order valence-electron chi connectivity index (χ0n) is 11.6. The molecule has 0 saturated carbocycles. The van der Waals surface area contributed by atoms with Crippen LogP contribution in [0, 0.1) is 11.8 Å². The lowest BCUT2D eigenvalue weighted by molar-refractivity contribution is -0.147. The van der Waals surface area contributed by atoms with Gasteiger partial charge in [-0.15, -0.1) is 0 Å². The molecule has 1 N–H and O–H groups in total. The largest absolute Gasteiger partial charge is 0.457 e. The van der Waals surface area contributed by atoms with Crippen molar-refractivity contribution >= 4 is 17.5 Å². The number of cyclic esters (lactones) is 1. The molecule has 0 bridgehead atoms. The maximum absolute atomic E-state index is 11.9. The zero-order valence-corrected chi connectivity index (χ0v) is 11.6. The van der Waals surface area contributed by atoms with Gasteiger partial charge in [-0.05, 0) is 32.4 Å². The van der Waals surface area contributed by atoms with E-state index < -0.39 is 29.5 Å². The van der Waals surface area contributed by atoms with Crippen molar-refractivity contribution in [1.29, 1.82) is 0 Å². The molecule has 1 saturated heterocycles. The van der Waals surface area contributed by atoms with Crippen molar-refractivity contribution in [2.75, 3.05) is 0 Å². The van der Waals surface area contributed by atoms with E-state index in [1.165, 1.54) is 26.0 Å². The van der Waals surface area contributed by atoms with Crippen LogP contribution in [-0.2, 0) is 19.1 Å². The second-order valence-electron chi connectivity index (χ2n) is 5.68. The lowest BCUT2D eigenvalue weighted by Gasteiger charge is -2.30. The Morgan fingerprint density at radius 1 is 1.50 bits per heavy atom. The van der Waals surface area contributed by atoms with Gasteiger partial charge in [0.25, 0.3) is 0 Å². The summed E-state index contributed by atoms with van der Waals surface area (Å²) in [6, 6.07) is 0. The molecular weight excluding hydrogens is 260 g/mol. The van der Waals surface area contributed by atoms with Crippen LogP contribution in [0.2, 0.25) is 0 Å². The fourth-order valence-corrected chi connectivity index (χ4v) is 2.87. The molecule has 1 fully saturated rings. The lowest BCUT2D eigenvalue weighted by Crippen LogP contribution is -2.44. The van der Waals surface area contributed by atoms with Crippen LogP contribution in [0.3, 0.4) is 0 Å². The number of hydrogen-bond acceptors (Lipinski definition) is 5. The molecule has 0 aromatic rings. The minimum absolute atomic E-state index is 0.00136. The number of ether oxygens (including phenoxy) is 1. The fourth-order valence-electron chi connectivity index (χ4n) is 2.87. The monoisotopic (exact) mass is 278 g/mol. The first-order chi connectivity index (χ1) is 9.24. The van der Waals surface area contributed by atoms with Crippen molar-refractivity contribution in [3.63, 3.8) is 0 Å². The van der Waals surface area contributed by atoms with Gasteiger partial charge in [0.15, 0.2) is 5.78 Å². The Labute approximate surface area is 117 Å². The molecular formula is C15H18O5. The van der Waals surface area contributed by atoms with E-state index >= 15 is 0 Å². The van der Waals surface area contributed by atoms with Crippen LogP contribution in [-0.4, -0.2) is 34.3 Å². The summed E-state index contributed by atoms with van der Waals surface area (Å²) in [4.78, 5) is 34.8. The van der Waals surface area contributed by atoms with Crippen LogP contribution in [0.25, 0.3) is 0 Å². The Balaban J connectivity index is 2.24. The van der Waals surface area contributed by atoms with Gasteiger partial charge < -0.3 is 14.6 Å². The lowest BCUT2D eigenvalue weighted by atomic mass is 9.78. The SMILES string of the molecule is C=C1C(=O)O[C@H]([C@H]2C(=O)C=C[C@]2(C)O)[C@@H]1CCC(C)=O. The molecule has 0 amide bonds. The fraction of sp³-hybridized carbons (Fsp3) is 0.533. The Kier molecular flexibility index (Phi) is 3.65. The Morgan fingerprint density at radius 2 is 2.15 bits per heavy atom. The van der Waals surface area contributed by atoms with Gasteiger partial charge in [-0.2, -0.15) is 0 Å². The van der Waals surface area contributed by atoms with Gasteiger partial charge in [-0.3, -0.25) is 4.79 Å². The second-order valence-corrected chi connectivity index (χ2v) is 5.68. The first-order valence-corrected chi connectivity index (χ1v) is 6.58. The van der Waals surface area contributed by atoms with E-state index in [2.05, 4.69) is 6.58 Å². The molecule has 108 valence electrons. The summed E-state index contributed by atoms with van der Waals surface area (Å²) in [5, 5.41) is 10.3. The number of allylic oxidation sites excluding steroid dienone is 1.